The molecule has 0 spiro atoms. The van der Waals surface area contributed by atoms with Crippen LogP contribution in [0.1, 0.15) is 62.5 Å². The van der Waals surface area contributed by atoms with Gasteiger partial charge in [0.1, 0.15) is 36.0 Å². The number of guanidine groups is 2. The molecule has 1 aliphatic rings. The summed E-state index contributed by atoms with van der Waals surface area (Å²) in [5, 5.41) is 25.9. The Bertz CT molecular complexity index is 2000. The molecule has 0 aromatic heterocycles. The molecule has 0 radical (unpaired) electrons. The third kappa shape index (κ3) is 15.0. The lowest BCUT2D eigenvalue weighted by Crippen LogP contribution is -2.58. The van der Waals surface area contributed by atoms with Gasteiger partial charge in [-0.1, -0.05) is 67.4 Å². The van der Waals surface area contributed by atoms with Crippen molar-refractivity contribution in [1.29, 1.82) is 0 Å². The summed E-state index contributed by atoms with van der Waals surface area (Å²) in [7, 11) is 0. The smallest absolute Gasteiger partial charge is 0.243 e. The molecule has 0 saturated carbocycles. The van der Waals surface area contributed by atoms with Crippen LogP contribution in [0.15, 0.2) is 81.7 Å². The molecule has 18 heteroatoms. The summed E-state index contributed by atoms with van der Waals surface area (Å²) in [4.78, 5) is 82.9. The van der Waals surface area contributed by atoms with Crippen LogP contribution in [0.4, 0.5) is 0 Å². The summed E-state index contributed by atoms with van der Waals surface area (Å²) < 4.78 is 0. The number of benzene rings is 3. The van der Waals surface area contributed by atoms with Crippen molar-refractivity contribution < 1.29 is 29.1 Å². The summed E-state index contributed by atoms with van der Waals surface area (Å²) in [5.41, 5.74) is 23.8. The molecule has 1 heterocycles. The van der Waals surface area contributed by atoms with Gasteiger partial charge in [0.25, 0.3) is 0 Å². The van der Waals surface area contributed by atoms with Gasteiger partial charge in [-0.15, -0.1) is 0 Å². The second-order valence-corrected chi connectivity index (χ2v) is 14.7. The van der Waals surface area contributed by atoms with Crippen molar-refractivity contribution in [3.8, 4) is 5.75 Å². The fourth-order valence-electron chi connectivity index (χ4n) is 6.77. The molecule has 60 heavy (non-hydrogen) atoms. The van der Waals surface area contributed by atoms with E-state index in [4.69, 9.17) is 22.9 Å². The van der Waals surface area contributed by atoms with Crippen LogP contribution in [0.3, 0.4) is 0 Å². The van der Waals surface area contributed by atoms with Gasteiger partial charge in [-0.3, -0.25) is 34.0 Å². The van der Waals surface area contributed by atoms with Crippen LogP contribution < -0.4 is 49.5 Å². The molecule has 322 valence electrons. The number of nitrogens with one attached hydrogen (secondary N) is 5. The molecule has 14 N–H and O–H groups in total. The Kier molecular flexibility index (Phi) is 18.3. The number of hydrogen-bond donors (Lipinski definition) is 10. The zero-order valence-corrected chi connectivity index (χ0v) is 33.8. The summed E-state index contributed by atoms with van der Waals surface area (Å²) in [6.07, 6.45) is 2.81. The molecule has 5 amide bonds. The van der Waals surface area contributed by atoms with Crippen LogP contribution in [0.25, 0.3) is 10.8 Å². The second kappa shape index (κ2) is 23.7. The van der Waals surface area contributed by atoms with Gasteiger partial charge in [-0.05, 0) is 85.8 Å². The van der Waals surface area contributed by atoms with Crippen molar-refractivity contribution in [2.75, 3.05) is 19.6 Å². The topological polar surface area (TPSA) is 307 Å². The summed E-state index contributed by atoms with van der Waals surface area (Å²) >= 11 is 0. The molecular weight excluding hydrogens is 769 g/mol. The lowest BCUT2D eigenvalue weighted by Gasteiger charge is -2.26. The van der Waals surface area contributed by atoms with E-state index in [0.717, 1.165) is 16.3 Å². The molecule has 5 atom stereocenters. The predicted molar refractivity (Wildman–Crippen MR) is 232 cm³/mol. The van der Waals surface area contributed by atoms with E-state index in [0.29, 0.717) is 31.4 Å². The normalized spacial score (nSPS) is 20.7. The molecule has 0 aliphatic carbocycles. The number of unbranched alkanes of at least 4 members (excludes halogenated alkanes) is 2. The number of rotatable bonds is 17. The molecule has 3 aromatic carbocycles. The first-order valence-electron chi connectivity index (χ1n) is 20.2. The maximum Gasteiger partial charge on any atom is 0.243 e. The van der Waals surface area contributed by atoms with Gasteiger partial charge in [0, 0.05) is 25.9 Å². The van der Waals surface area contributed by atoms with Crippen LogP contribution in [-0.2, 0) is 36.8 Å². The van der Waals surface area contributed by atoms with Crippen LogP contribution in [-0.4, -0.2) is 103 Å². The van der Waals surface area contributed by atoms with Crippen molar-refractivity contribution in [3.05, 3.63) is 77.9 Å². The summed E-state index contributed by atoms with van der Waals surface area (Å²) in [5.74, 6) is -3.51. The molecule has 1 aliphatic heterocycles. The molecule has 1 saturated heterocycles. The number of phenolic OH excluding ortho intramolecular Hbond substituents is 1. The predicted octanol–water partition coefficient (Wildman–Crippen LogP) is 0.136. The summed E-state index contributed by atoms with van der Waals surface area (Å²) in [6.45, 7) is 4.10. The minimum Gasteiger partial charge on any atom is -0.508 e. The lowest BCUT2D eigenvalue weighted by atomic mass is 9.99. The van der Waals surface area contributed by atoms with Crippen molar-refractivity contribution >= 4 is 58.9 Å². The van der Waals surface area contributed by atoms with Gasteiger partial charge in [-0.2, -0.15) is 0 Å². The number of carbonyl (C=O) groups excluding carboxylic acids is 5. The zero-order chi connectivity index (χ0) is 43.4. The van der Waals surface area contributed by atoms with Gasteiger partial charge in [-0.25, -0.2) is 4.99 Å². The van der Waals surface area contributed by atoms with Crippen molar-refractivity contribution in [2.24, 2.45) is 37.9 Å². The first kappa shape index (κ1) is 46.1. The molecule has 18 nitrogen and oxygen atoms in total. The molecule has 0 bridgehead atoms. The van der Waals surface area contributed by atoms with E-state index in [2.05, 4.69) is 48.3 Å². The number of amides is 5. The highest BCUT2D eigenvalue weighted by molar-refractivity contribution is 5.98. The Morgan fingerprint density at radius 1 is 0.567 bits per heavy atom. The fourth-order valence-corrected chi connectivity index (χ4v) is 6.77. The van der Waals surface area contributed by atoms with E-state index in [1.807, 2.05) is 42.5 Å². The van der Waals surface area contributed by atoms with Gasteiger partial charge < -0.3 is 54.6 Å². The van der Waals surface area contributed by atoms with E-state index in [-0.39, 0.29) is 75.7 Å². The number of phenols is 1. The molecule has 3 aromatic rings. The Balaban J connectivity index is 1.77. The highest BCUT2D eigenvalue weighted by Crippen LogP contribution is 2.18. The first-order valence-corrected chi connectivity index (χ1v) is 20.2. The van der Waals surface area contributed by atoms with Crippen LogP contribution >= 0.6 is 0 Å². The maximum absolute atomic E-state index is 14.4. The Hall–Kier alpha value is -6.56. The third-order valence-corrected chi connectivity index (χ3v) is 10.0. The third-order valence-electron chi connectivity index (χ3n) is 10.0. The van der Waals surface area contributed by atoms with Crippen molar-refractivity contribution in [3.63, 3.8) is 0 Å². The first-order chi connectivity index (χ1) is 28.9. The van der Waals surface area contributed by atoms with Crippen LogP contribution in [0.2, 0.25) is 0 Å². The van der Waals surface area contributed by atoms with Crippen molar-refractivity contribution in [2.45, 2.75) is 94.4 Å². The maximum atomic E-state index is 14.4. The largest absolute Gasteiger partial charge is 0.508 e. The van der Waals surface area contributed by atoms with E-state index < -0.39 is 59.7 Å². The number of aromatic hydroxyl groups is 1. The molecule has 5 unspecified atom stereocenters. The second-order valence-electron chi connectivity index (χ2n) is 14.7. The monoisotopic (exact) mass is 826 g/mol. The quantitative estimate of drug-likeness (QED) is 0.0499. The van der Waals surface area contributed by atoms with Gasteiger partial charge in [0.2, 0.25) is 35.5 Å². The molecule has 4 rings (SSSR count). The molecule has 1 fully saturated rings. The SMILES string of the molecule is C=NC(N)=NCCCC1NC(=O)C(Cc2ccc(O)cc2)NC(=O)C(CCCCCN)NC(=O)C(Cc2ccc3ccccc3c2)NC(=O)C(CCCN=C(N)N)NC1=O. The van der Waals surface area contributed by atoms with Gasteiger partial charge >= 0.3 is 0 Å². The Morgan fingerprint density at radius 2 is 1.03 bits per heavy atom. The highest BCUT2D eigenvalue weighted by Gasteiger charge is 2.34. The van der Waals surface area contributed by atoms with Gasteiger partial charge in [0.15, 0.2) is 5.96 Å². The minimum atomic E-state index is -1.23. The van der Waals surface area contributed by atoms with Crippen molar-refractivity contribution in [1.82, 2.24) is 26.6 Å². The number of fused-ring (bicyclic) bond motifs is 1. The van der Waals surface area contributed by atoms with Crippen LogP contribution in [0, 0.1) is 0 Å². The Morgan fingerprint density at radius 3 is 1.57 bits per heavy atom. The average molecular weight is 827 g/mol. The number of nitrogens with zero attached hydrogens (tertiary/aromatic N) is 3. The number of carbonyl (C=O) groups is 5. The van der Waals surface area contributed by atoms with Gasteiger partial charge in [0.05, 0.1) is 0 Å². The van der Waals surface area contributed by atoms with Crippen LogP contribution in [0.5, 0.6) is 5.75 Å². The molecular formula is C42H58N12O6. The standard InChI is InChI=1S/C42H58N12O6/c1-47-42(46)49-22-8-13-32-36(56)50-33(12-7-21-48-41(44)45)38(58)54-35(25-27-14-17-28-9-4-5-10-29(28)23-27)40(60)51-31(11-3-2-6-20-43)37(57)53-34(39(59)52-32)24-26-15-18-30(55)19-16-26/h4-5,9-10,14-19,23,31-35,55H,1-3,6-8,11-13,20-22,24-25,43H2,(H2,46,49)(H,50,56)(H,51,60)(H,52,59)(H,53,57)(H,54,58)(H4,44,45,48). The van der Waals surface area contributed by atoms with E-state index >= 15 is 0 Å². The number of hydrogen-bond acceptors (Lipinski definition) is 9. The highest BCUT2D eigenvalue weighted by atomic mass is 16.3. The fraction of sp³-hybridized carbons (Fsp3) is 0.429. The van der Waals surface area contributed by atoms with E-state index in [1.165, 1.54) is 12.1 Å². The Labute approximate surface area is 349 Å². The average Bonchev–Trinajstić information content (AvgIpc) is 3.23. The minimum absolute atomic E-state index is 0.00972. The number of nitrogens with two attached hydrogens (primary N) is 4. The lowest BCUT2D eigenvalue weighted by molar-refractivity contribution is -0.134. The van der Waals surface area contributed by atoms with E-state index in [9.17, 15) is 29.1 Å². The van der Waals surface area contributed by atoms with E-state index in [1.54, 1.807) is 12.1 Å². The zero-order valence-electron chi connectivity index (χ0n) is 33.8. The summed E-state index contributed by atoms with van der Waals surface area (Å²) in [6, 6.07) is 13.6. The number of aliphatic imine (C=N–C) groups is 3.